The molecule has 0 radical (unpaired) electrons. The number of fused-ring (bicyclic) bond motifs is 2. The molecule has 2 aliphatic rings. The Morgan fingerprint density at radius 2 is 1.81 bits per heavy atom. The first-order valence-electron chi connectivity index (χ1n) is 10.9. The van der Waals surface area contributed by atoms with Crippen molar-refractivity contribution in [3.8, 4) is 16.9 Å². The molecule has 0 saturated carbocycles. The molecule has 31 heavy (non-hydrogen) atoms. The average molecular weight is 412 g/mol. The van der Waals surface area contributed by atoms with Gasteiger partial charge in [0.15, 0.2) is 0 Å². The number of nitrogens with zero attached hydrogens (tertiary/aromatic N) is 5. The van der Waals surface area contributed by atoms with Gasteiger partial charge in [0.05, 0.1) is 30.2 Å². The Hall–Kier alpha value is -3.61. The van der Waals surface area contributed by atoms with Gasteiger partial charge in [-0.25, -0.2) is 9.97 Å². The Bertz CT molecular complexity index is 1240. The van der Waals surface area contributed by atoms with Crippen LogP contribution in [0, 0.1) is 0 Å². The third kappa shape index (κ3) is 3.36. The number of hydrogen-bond acceptors (Lipinski definition) is 6. The van der Waals surface area contributed by atoms with E-state index in [-0.39, 0.29) is 0 Å². The maximum Gasteiger partial charge on any atom is 0.227 e. The van der Waals surface area contributed by atoms with Crippen LogP contribution in [0.1, 0.15) is 24.8 Å². The molecule has 0 spiro atoms. The van der Waals surface area contributed by atoms with Crippen LogP contribution >= 0.6 is 0 Å². The van der Waals surface area contributed by atoms with E-state index >= 15 is 0 Å². The van der Waals surface area contributed by atoms with Gasteiger partial charge in [0.25, 0.3) is 0 Å². The second-order valence-corrected chi connectivity index (χ2v) is 8.12. The molecule has 2 aliphatic heterocycles. The molecule has 156 valence electrons. The van der Waals surface area contributed by atoms with E-state index in [0.29, 0.717) is 5.95 Å². The zero-order valence-electron chi connectivity index (χ0n) is 17.3. The number of aromatic nitrogens is 4. The lowest BCUT2D eigenvalue weighted by Crippen LogP contribution is -2.39. The molecule has 1 fully saturated rings. The fourth-order valence-electron chi connectivity index (χ4n) is 4.50. The summed E-state index contributed by atoms with van der Waals surface area (Å²) in [5, 5.41) is 11.1. The van der Waals surface area contributed by atoms with Crippen LogP contribution in [-0.4, -0.2) is 39.6 Å². The normalized spacial score (nSPS) is 15.7. The maximum atomic E-state index is 5.94. The van der Waals surface area contributed by atoms with Crippen LogP contribution in [0.25, 0.3) is 22.0 Å². The predicted molar refractivity (Wildman–Crippen MR) is 121 cm³/mol. The number of nitrogens with one attached hydrogen (secondary N) is 1. The summed E-state index contributed by atoms with van der Waals surface area (Å²) in [5.74, 6) is 1.54. The molecule has 1 saturated heterocycles. The van der Waals surface area contributed by atoms with Gasteiger partial charge in [-0.15, -0.1) is 0 Å². The van der Waals surface area contributed by atoms with Crippen molar-refractivity contribution >= 4 is 22.5 Å². The molecular weight excluding hydrogens is 388 g/mol. The first-order chi connectivity index (χ1) is 15.3. The molecule has 4 heterocycles. The molecule has 0 atom stereocenters. The van der Waals surface area contributed by atoms with E-state index < -0.39 is 0 Å². The van der Waals surface area contributed by atoms with Gasteiger partial charge >= 0.3 is 0 Å². The fourth-order valence-corrected chi connectivity index (χ4v) is 4.50. The SMILES string of the molecule is c1cc2c(c(-c3cccc4cnc(Nc5cnn(N6CCCCC6)c5)nc34)c1)OCC2. The number of rotatable bonds is 4. The molecule has 7 heteroatoms. The third-order valence-corrected chi connectivity index (χ3v) is 6.06. The summed E-state index contributed by atoms with van der Waals surface area (Å²) in [6.07, 6.45) is 10.4. The highest BCUT2D eigenvalue weighted by molar-refractivity contribution is 5.95. The topological polar surface area (TPSA) is 68.1 Å². The van der Waals surface area contributed by atoms with E-state index in [4.69, 9.17) is 9.72 Å². The lowest BCUT2D eigenvalue weighted by atomic mass is 9.99. The highest BCUT2D eigenvalue weighted by atomic mass is 16.5. The molecule has 2 aromatic carbocycles. The van der Waals surface area contributed by atoms with Gasteiger partial charge in [0.2, 0.25) is 5.95 Å². The van der Waals surface area contributed by atoms with Crippen LogP contribution in [0.15, 0.2) is 55.0 Å². The lowest BCUT2D eigenvalue weighted by molar-refractivity contribution is 0.358. The number of anilines is 2. The minimum atomic E-state index is 0.562. The summed E-state index contributed by atoms with van der Waals surface area (Å²) in [5.41, 5.74) is 5.19. The highest BCUT2D eigenvalue weighted by Gasteiger charge is 2.19. The average Bonchev–Trinajstić information content (AvgIpc) is 3.49. The summed E-state index contributed by atoms with van der Waals surface area (Å²) in [7, 11) is 0. The number of benzene rings is 2. The smallest absolute Gasteiger partial charge is 0.227 e. The summed E-state index contributed by atoms with van der Waals surface area (Å²) in [6.45, 7) is 2.82. The molecule has 0 unspecified atom stereocenters. The largest absolute Gasteiger partial charge is 0.492 e. The van der Waals surface area contributed by atoms with Gasteiger partial charge < -0.3 is 10.1 Å². The molecule has 0 aliphatic carbocycles. The molecule has 4 aromatic rings. The van der Waals surface area contributed by atoms with Crippen molar-refractivity contribution in [3.05, 3.63) is 60.6 Å². The van der Waals surface area contributed by atoms with Gasteiger partial charge in [-0.1, -0.05) is 36.4 Å². The van der Waals surface area contributed by atoms with Gasteiger partial charge in [-0.2, -0.15) is 9.89 Å². The maximum absolute atomic E-state index is 5.94. The summed E-state index contributed by atoms with van der Waals surface area (Å²) >= 11 is 0. The van der Waals surface area contributed by atoms with Crippen LogP contribution in [0.3, 0.4) is 0 Å². The van der Waals surface area contributed by atoms with Crippen molar-refractivity contribution in [1.82, 2.24) is 19.9 Å². The van der Waals surface area contributed by atoms with Crippen LogP contribution in [0.2, 0.25) is 0 Å². The molecule has 1 N–H and O–H groups in total. The Labute approximate surface area is 180 Å². The molecule has 2 aromatic heterocycles. The summed E-state index contributed by atoms with van der Waals surface area (Å²) in [6, 6.07) is 12.5. The highest BCUT2D eigenvalue weighted by Crippen LogP contribution is 2.39. The van der Waals surface area contributed by atoms with E-state index in [9.17, 15) is 0 Å². The quantitative estimate of drug-likeness (QED) is 0.539. The van der Waals surface area contributed by atoms with E-state index in [1.807, 2.05) is 35.5 Å². The van der Waals surface area contributed by atoms with Crippen molar-refractivity contribution in [3.63, 3.8) is 0 Å². The van der Waals surface area contributed by atoms with Gasteiger partial charge in [0, 0.05) is 42.2 Å². The molecule has 6 rings (SSSR count). The standard InChI is InChI=1S/C24H24N6O/c1-2-11-29(12-3-1)30-16-19(15-26-30)27-24-25-14-18-7-5-8-20(22(18)28-24)21-9-4-6-17-10-13-31-23(17)21/h4-9,14-16H,1-3,10-13H2,(H,25,27,28). The van der Waals surface area contributed by atoms with Crippen LogP contribution in [-0.2, 0) is 6.42 Å². The van der Waals surface area contributed by atoms with Crippen LogP contribution in [0.5, 0.6) is 5.75 Å². The first kappa shape index (κ1) is 18.2. The fraction of sp³-hybridized carbons (Fsp3) is 0.292. The monoisotopic (exact) mass is 412 g/mol. The molecule has 7 nitrogen and oxygen atoms in total. The van der Waals surface area contributed by atoms with Gasteiger partial charge in [-0.05, 0) is 24.8 Å². The second-order valence-electron chi connectivity index (χ2n) is 8.12. The van der Waals surface area contributed by atoms with Crippen molar-refractivity contribution in [2.75, 3.05) is 30.0 Å². The number of piperidine rings is 1. The van der Waals surface area contributed by atoms with Gasteiger partial charge in [0.1, 0.15) is 5.75 Å². The Kier molecular flexibility index (Phi) is 4.44. The van der Waals surface area contributed by atoms with E-state index in [0.717, 1.165) is 59.6 Å². The third-order valence-electron chi connectivity index (χ3n) is 6.06. The lowest BCUT2D eigenvalue weighted by Gasteiger charge is -2.27. The predicted octanol–water partition coefficient (Wildman–Crippen LogP) is 4.29. The van der Waals surface area contributed by atoms with Crippen molar-refractivity contribution in [2.45, 2.75) is 25.7 Å². The van der Waals surface area contributed by atoms with E-state index in [1.165, 1.54) is 24.8 Å². The zero-order valence-corrected chi connectivity index (χ0v) is 17.3. The minimum absolute atomic E-state index is 0.562. The zero-order chi connectivity index (χ0) is 20.6. The van der Waals surface area contributed by atoms with E-state index in [1.54, 1.807) is 0 Å². The Morgan fingerprint density at radius 1 is 0.935 bits per heavy atom. The molecule has 0 bridgehead atoms. The Balaban J connectivity index is 1.34. The summed E-state index contributed by atoms with van der Waals surface area (Å²) in [4.78, 5) is 11.3. The second kappa shape index (κ2) is 7.58. The number of para-hydroxylation sites is 2. The van der Waals surface area contributed by atoms with Crippen molar-refractivity contribution in [1.29, 1.82) is 0 Å². The van der Waals surface area contributed by atoms with Gasteiger partial charge in [-0.3, -0.25) is 5.01 Å². The minimum Gasteiger partial charge on any atom is -0.492 e. The van der Waals surface area contributed by atoms with Crippen molar-refractivity contribution < 1.29 is 4.74 Å². The number of ether oxygens (including phenoxy) is 1. The first-order valence-corrected chi connectivity index (χ1v) is 10.9. The van der Waals surface area contributed by atoms with Crippen LogP contribution in [0.4, 0.5) is 11.6 Å². The number of hydrogen-bond donors (Lipinski definition) is 1. The van der Waals surface area contributed by atoms with Crippen LogP contribution < -0.4 is 15.1 Å². The molecule has 0 amide bonds. The summed E-state index contributed by atoms with van der Waals surface area (Å²) < 4.78 is 5.94. The molecular formula is C24H24N6O. The van der Waals surface area contributed by atoms with Crippen molar-refractivity contribution in [2.24, 2.45) is 0 Å². The Morgan fingerprint density at radius 3 is 2.74 bits per heavy atom. The van der Waals surface area contributed by atoms with E-state index in [2.05, 4.69) is 44.7 Å².